The molecule has 0 atom stereocenters. The zero-order valence-electron chi connectivity index (χ0n) is 12.3. The zero-order chi connectivity index (χ0) is 14.5. The van der Waals surface area contributed by atoms with Crippen LogP contribution in [-0.4, -0.2) is 59.2 Å². The summed E-state index contributed by atoms with van der Waals surface area (Å²) < 4.78 is 5.67. The van der Waals surface area contributed by atoms with Crippen LogP contribution in [0.2, 0.25) is 5.28 Å². The van der Waals surface area contributed by atoms with Crippen LogP contribution in [0.4, 0.5) is 5.95 Å². The molecule has 2 aliphatic rings. The monoisotopic (exact) mass is 311 g/mol. The fourth-order valence-electron chi connectivity index (χ4n) is 2.89. The highest BCUT2D eigenvalue weighted by Gasteiger charge is 2.17. The van der Waals surface area contributed by atoms with E-state index in [1.807, 2.05) is 0 Å². The molecule has 0 aliphatic carbocycles. The van der Waals surface area contributed by atoms with E-state index in [9.17, 15) is 0 Å². The Morgan fingerprint density at radius 1 is 0.905 bits per heavy atom. The average molecular weight is 312 g/mol. The molecule has 0 aromatic carbocycles. The second kappa shape index (κ2) is 7.22. The lowest BCUT2D eigenvalue weighted by atomic mass is 10.1. The quantitative estimate of drug-likeness (QED) is 0.829. The van der Waals surface area contributed by atoms with Gasteiger partial charge in [-0.15, -0.1) is 0 Å². The number of nitrogens with zero attached hydrogens (tertiary/aromatic N) is 5. The second-order valence-electron chi connectivity index (χ2n) is 5.63. The van der Waals surface area contributed by atoms with Gasteiger partial charge in [0.15, 0.2) is 0 Å². The number of likely N-dealkylation sites (tertiary alicyclic amines) is 1. The molecule has 21 heavy (non-hydrogen) atoms. The van der Waals surface area contributed by atoms with Crippen molar-refractivity contribution in [3.8, 4) is 6.01 Å². The molecule has 1 aromatic heterocycles. The first-order valence-electron chi connectivity index (χ1n) is 7.83. The molecule has 6 nitrogen and oxygen atoms in total. The number of rotatable bonds is 5. The number of hydrogen-bond donors (Lipinski definition) is 0. The molecular weight excluding hydrogens is 290 g/mol. The van der Waals surface area contributed by atoms with E-state index in [4.69, 9.17) is 16.3 Å². The first kappa shape index (κ1) is 14.8. The Morgan fingerprint density at radius 3 is 2.38 bits per heavy atom. The molecule has 2 aliphatic heterocycles. The normalized spacial score (nSPS) is 20.0. The third-order valence-corrected chi connectivity index (χ3v) is 4.22. The smallest absolute Gasteiger partial charge is 0.322 e. The van der Waals surface area contributed by atoms with Gasteiger partial charge in [-0.2, -0.15) is 15.0 Å². The molecule has 3 heterocycles. The summed E-state index contributed by atoms with van der Waals surface area (Å²) in [5.41, 5.74) is 0. The Balaban J connectivity index is 1.54. The third kappa shape index (κ3) is 4.17. The van der Waals surface area contributed by atoms with Gasteiger partial charge in [-0.1, -0.05) is 6.42 Å². The van der Waals surface area contributed by atoms with Crippen molar-refractivity contribution in [1.29, 1.82) is 0 Å². The first-order chi connectivity index (χ1) is 10.3. The highest BCUT2D eigenvalue weighted by Crippen LogP contribution is 2.19. The predicted octanol–water partition coefficient (Wildman–Crippen LogP) is 1.99. The maximum atomic E-state index is 5.98. The van der Waals surface area contributed by atoms with Gasteiger partial charge >= 0.3 is 6.01 Å². The molecular formula is C14H22ClN5O. The van der Waals surface area contributed by atoms with Crippen molar-refractivity contribution >= 4 is 17.5 Å². The summed E-state index contributed by atoms with van der Waals surface area (Å²) in [6.45, 7) is 5.81. The molecule has 7 heteroatoms. The molecule has 0 radical (unpaired) electrons. The van der Waals surface area contributed by atoms with Gasteiger partial charge in [-0.05, 0) is 50.4 Å². The van der Waals surface area contributed by atoms with E-state index in [2.05, 4.69) is 24.8 Å². The van der Waals surface area contributed by atoms with Crippen molar-refractivity contribution in [1.82, 2.24) is 19.9 Å². The summed E-state index contributed by atoms with van der Waals surface area (Å²) in [4.78, 5) is 17.2. The standard InChI is InChI=1S/C14H22ClN5O/c15-12-16-13(20-8-4-5-9-20)18-14(17-12)21-11-10-19-6-2-1-3-7-19/h1-11H2. The SMILES string of the molecule is Clc1nc(OCCN2CCCCC2)nc(N2CCCC2)n1. The molecule has 3 rings (SSSR count). The van der Waals surface area contributed by atoms with Crippen LogP contribution in [0.1, 0.15) is 32.1 Å². The molecule has 0 unspecified atom stereocenters. The molecule has 116 valence electrons. The van der Waals surface area contributed by atoms with Gasteiger partial charge in [0.1, 0.15) is 6.61 Å². The number of piperidine rings is 1. The third-order valence-electron chi connectivity index (χ3n) is 4.05. The highest BCUT2D eigenvalue weighted by atomic mass is 35.5. The lowest BCUT2D eigenvalue weighted by Gasteiger charge is -2.25. The lowest BCUT2D eigenvalue weighted by molar-refractivity contribution is 0.177. The topological polar surface area (TPSA) is 54.4 Å². The molecule has 0 amide bonds. The largest absolute Gasteiger partial charge is 0.462 e. The minimum absolute atomic E-state index is 0.208. The molecule has 0 N–H and O–H groups in total. The number of aromatic nitrogens is 3. The number of anilines is 1. The van der Waals surface area contributed by atoms with Crippen molar-refractivity contribution in [2.45, 2.75) is 32.1 Å². The lowest BCUT2D eigenvalue weighted by Crippen LogP contribution is -2.33. The highest BCUT2D eigenvalue weighted by molar-refractivity contribution is 6.28. The van der Waals surface area contributed by atoms with E-state index in [0.29, 0.717) is 18.6 Å². The van der Waals surface area contributed by atoms with Crippen LogP contribution in [0.3, 0.4) is 0 Å². The van der Waals surface area contributed by atoms with E-state index in [0.717, 1.165) is 19.6 Å². The number of ether oxygens (including phenoxy) is 1. The van der Waals surface area contributed by atoms with Gasteiger partial charge in [0.2, 0.25) is 11.2 Å². The van der Waals surface area contributed by atoms with Crippen molar-refractivity contribution in [3.05, 3.63) is 5.28 Å². The minimum Gasteiger partial charge on any atom is -0.462 e. The molecule has 1 aromatic rings. The van der Waals surface area contributed by atoms with Crippen LogP contribution in [0, 0.1) is 0 Å². The maximum absolute atomic E-state index is 5.98. The van der Waals surface area contributed by atoms with E-state index in [-0.39, 0.29) is 5.28 Å². The second-order valence-corrected chi connectivity index (χ2v) is 5.97. The fourth-order valence-corrected chi connectivity index (χ4v) is 3.04. The Kier molecular flexibility index (Phi) is 5.08. The summed E-state index contributed by atoms with van der Waals surface area (Å²) in [7, 11) is 0. The first-order valence-corrected chi connectivity index (χ1v) is 8.21. The summed E-state index contributed by atoms with van der Waals surface area (Å²) in [5.74, 6) is 0.639. The van der Waals surface area contributed by atoms with Gasteiger partial charge in [0.25, 0.3) is 0 Å². The van der Waals surface area contributed by atoms with E-state index in [1.165, 1.54) is 45.2 Å². The predicted molar refractivity (Wildman–Crippen MR) is 82.1 cm³/mol. The van der Waals surface area contributed by atoms with Crippen LogP contribution >= 0.6 is 11.6 Å². The Labute approximate surface area is 130 Å². The van der Waals surface area contributed by atoms with Crippen LogP contribution in [0.25, 0.3) is 0 Å². The van der Waals surface area contributed by atoms with Crippen molar-refractivity contribution in [3.63, 3.8) is 0 Å². The summed E-state index contributed by atoms with van der Waals surface area (Å²) in [6.07, 6.45) is 6.27. The van der Waals surface area contributed by atoms with Crippen molar-refractivity contribution in [2.75, 3.05) is 44.2 Å². The fraction of sp³-hybridized carbons (Fsp3) is 0.786. The van der Waals surface area contributed by atoms with Crippen LogP contribution in [0.15, 0.2) is 0 Å². The summed E-state index contributed by atoms with van der Waals surface area (Å²) in [6, 6.07) is 0.342. The van der Waals surface area contributed by atoms with Gasteiger partial charge in [-0.3, -0.25) is 4.90 Å². The van der Waals surface area contributed by atoms with Crippen molar-refractivity contribution in [2.24, 2.45) is 0 Å². The van der Waals surface area contributed by atoms with Crippen LogP contribution in [-0.2, 0) is 0 Å². The number of halogens is 1. The summed E-state index contributed by atoms with van der Waals surface area (Å²) >= 11 is 5.98. The average Bonchev–Trinajstić information content (AvgIpc) is 3.02. The Bertz CT molecular complexity index is 461. The van der Waals surface area contributed by atoms with E-state index >= 15 is 0 Å². The number of hydrogen-bond acceptors (Lipinski definition) is 6. The summed E-state index contributed by atoms with van der Waals surface area (Å²) in [5, 5.41) is 0.208. The Morgan fingerprint density at radius 2 is 1.62 bits per heavy atom. The van der Waals surface area contributed by atoms with E-state index in [1.54, 1.807) is 0 Å². The van der Waals surface area contributed by atoms with Crippen LogP contribution < -0.4 is 9.64 Å². The molecule has 2 saturated heterocycles. The van der Waals surface area contributed by atoms with Crippen molar-refractivity contribution < 1.29 is 4.74 Å². The molecule has 0 spiro atoms. The van der Waals surface area contributed by atoms with Gasteiger partial charge in [0.05, 0.1) is 0 Å². The molecule has 2 fully saturated rings. The Hall–Kier alpha value is -1.14. The van der Waals surface area contributed by atoms with Gasteiger partial charge in [-0.25, -0.2) is 0 Å². The van der Waals surface area contributed by atoms with Crippen LogP contribution in [0.5, 0.6) is 6.01 Å². The molecule has 0 bridgehead atoms. The minimum atomic E-state index is 0.208. The van der Waals surface area contributed by atoms with Gasteiger partial charge in [0, 0.05) is 19.6 Å². The maximum Gasteiger partial charge on any atom is 0.322 e. The van der Waals surface area contributed by atoms with Gasteiger partial charge < -0.3 is 9.64 Å². The van der Waals surface area contributed by atoms with E-state index < -0.39 is 0 Å². The molecule has 0 saturated carbocycles. The zero-order valence-corrected chi connectivity index (χ0v) is 13.1.